The molecule has 0 aliphatic heterocycles. The smallest absolute Gasteiger partial charge is 0.277 e. The van der Waals surface area contributed by atoms with Crippen LogP contribution in [0, 0.1) is 30.1 Å². The molecule has 4 saturated carbocycles. The number of fused-ring (bicyclic) bond motifs is 1. The third-order valence-electron chi connectivity index (χ3n) is 6.95. The second-order valence-electron chi connectivity index (χ2n) is 9.22. The molecule has 6 rings (SSSR count). The molecule has 1 heterocycles. The van der Waals surface area contributed by atoms with E-state index in [4.69, 9.17) is 0 Å². The van der Waals surface area contributed by atoms with Crippen LogP contribution >= 0.6 is 0 Å². The van der Waals surface area contributed by atoms with Crippen LogP contribution in [0.3, 0.4) is 0 Å². The SMILES string of the molecule is Cc1ccc2[nH]nc(C(=O)NNC(=O)CC34CC5CC(CC(C5)C3)C4)c2c1. The molecule has 2 aromatic rings. The maximum Gasteiger partial charge on any atom is 0.290 e. The van der Waals surface area contributed by atoms with Crippen molar-refractivity contribution in [2.75, 3.05) is 0 Å². The molecule has 4 aliphatic rings. The Morgan fingerprint density at radius 2 is 1.78 bits per heavy atom. The quantitative estimate of drug-likeness (QED) is 0.729. The highest BCUT2D eigenvalue weighted by atomic mass is 16.2. The summed E-state index contributed by atoms with van der Waals surface area (Å²) in [6, 6.07) is 5.79. The number of carbonyl (C=O) groups excluding carboxylic acids is 2. The molecule has 4 fully saturated rings. The Labute approximate surface area is 158 Å². The van der Waals surface area contributed by atoms with Crippen molar-refractivity contribution in [1.82, 2.24) is 21.0 Å². The van der Waals surface area contributed by atoms with Crippen molar-refractivity contribution in [3.05, 3.63) is 29.5 Å². The minimum Gasteiger partial charge on any atom is -0.277 e. The standard InChI is InChI=1S/C21H26N4O2/c1-12-2-3-17-16(4-12)19(24-22-17)20(27)25-23-18(26)11-21-8-13-5-14(9-21)7-15(6-13)10-21/h2-4,13-15H,5-11H2,1H3,(H,22,24)(H,23,26)(H,25,27). The Morgan fingerprint density at radius 1 is 1.11 bits per heavy atom. The van der Waals surface area contributed by atoms with Gasteiger partial charge in [-0.1, -0.05) is 11.6 Å². The van der Waals surface area contributed by atoms with E-state index in [1.807, 2.05) is 25.1 Å². The number of hydrogen-bond acceptors (Lipinski definition) is 3. The van der Waals surface area contributed by atoms with Gasteiger partial charge in [0.2, 0.25) is 5.91 Å². The highest BCUT2D eigenvalue weighted by Crippen LogP contribution is 2.61. The molecule has 142 valence electrons. The van der Waals surface area contributed by atoms with E-state index in [1.165, 1.54) is 38.5 Å². The number of carbonyl (C=O) groups is 2. The molecule has 3 N–H and O–H groups in total. The molecule has 27 heavy (non-hydrogen) atoms. The lowest BCUT2D eigenvalue weighted by molar-refractivity contribution is -0.130. The summed E-state index contributed by atoms with van der Waals surface area (Å²) >= 11 is 0. The predicted molar refractivity (Wildman–Crippen MR) is 102 cm³/mol. The number of aryl methyl sites for hydroxylation is 1. The molecule has 4 bridgehead atoms. The van der Waals surface area contributed by atoms with E-state index >= 15 is 0 Å². The lowest BCUT2D eigenvalue weighted by Gasteiger charge is -2.56. The number of aromatic amines is 1. The predicted octanol–water partition coefficient (Wildman–Crippen LogP) is 3.24. The lowest BCUT2D eigenvalue weighted by atomic mass is 9.49. The lowest BCUT2D eigenvalue weighted by Crippen LogP contribution is -2.50. The van der Waals surface area contributed by atoms with E-state index in [1.54, 1.807) is 0 Å². The molecular weight excluding hydrogens is 340 g/mol. The van der Waals surface area contributed by atoms with Crippen molar-refractivity contribution in [3.8, 4) is 0 Å². The van der Waals surface area contributed by atoms with Crippen molar-refractivity contribution in [2.45, 2.75) is 51.9 Å². The number of nitrogens with one attached hydrogen (secondary N) is 3. The average molecular weight is 366 g/mol. The van der Waals surface area contributed by atoms with Crippen LogP contribution in [-0.2, 0) is 4.79 Å². The van der Waals surface area contributed by atoms with Gasteiger partial charge in [-0.2, -0.15) is 5.10 Å². The first-order chi connectivity index (χ1) is 13.0. The minimum absolute atomic E-state index is 0.0821. The van der Waals surface area contributed by atoms with Crippen molar-refractivity contribution < 1.29 is 9.59 Å². The topological polar surface area (TPSA) is 86.9 Å². The number of rotatable bonds is 3. The van der Waals surface area contributed by atoms with Gasteiger partial charge in [0, 0.05) is 11.8 Å². The van der Waals surface area contributed by atoms with Gasteiger partial charge in [0.15, 0.2) is 5.69 Å². The van der Waals surface area contributed by atoms with Crippen LogP contribution in [0.5, 0.6) is 0 Å². The largest absolute Gasteiger partial charge is 0.290 e. The van der Waals surface area contributed by atoms with Gasteiger partial charge in [0.05, 0.1) is 5.52 Å². The second-order valence-corrected chi connectivity index (χ2v) is 9.22. The first-order valence-corrected chi connectivity index (χ1v) is 10.0. The summed E-state index contributed by atoms with van der Waals surface area (Å²) in [6.45, 7) is 1.97. The summed E-state index contributed by atoms with van der Waals surface area (Å²) in [5.41, 5.74) is 7.54. The van der Waals surface area contributed by atoms with E-state index in [9.17, 15) is 9.59 Å². The van der Waals surface area contributed by atoms with Gasteiger partial charge in [-0.15, -0.1) is 0 Å². The first kappa shape index (κ1) is 16.8. The van der Waals surface area contributed by atoms with Crippen molar-refractivity contribution in [2.24, 2.45) is 23.2 Å². The molecule has 1 aromatic heterocycles. The Balaban J connectivity index is 1.23. The summed E-state index contributed by atoms with van der Waals surface area (Å²) in [5, 5.41) is 7.74. The van der Waals surface area contributed by atoms with E-state index < -0.39 is 0 Å². The van der Waals surface area contributed by atoms with Crippen LogP contribution in [0.1, 0.15) is 61.0 Å². The van der Waals surface area contributed by atoms with Crippen LogP contribution in [0.4, 0.5) is 0 Å². The molecule has 0 unspecified atom stereocenters. The van der Waals surface area contributed by atoms with E-state index in [-0.39, 0.29) is 17.2 Å². The highest BCUT2D eigenvalue weighted by molar-refractivity contribution is 6.05. The fourth-order valence-electron chi connectivity index (χ4n) is 6.38. The third kappa shape index (κ3) is 3.01. The molecular formula is C21H26N4O2. The van der Waals surface area contributed by atoms with Crippen molar-refractivity contribution in [3.63, 3.8) is 0 Å². The summed E-state index contributed by atoms with van der Waals surface area (Å²) in [5.74, 6) is 1.99. The van der Waals surface area contributed by atoms with Gasteiger partial charge in [-0.05, 0) is 80.8 Å². The van der Waals surface area contributed by atoms with Crippen LogP contribution in [0.25, 0.3) is 10.9 Å². The van der Waals surface area contributed by atoms with Crippen LogP contribution in [0.15, 0.2) is 18.2 Å². The zero-order valence-electron chi connectivity index (χ0n) is 15.7. The van der Waals surface area contributed by atoms with Crippen molar-refractivity contribution in [1.29, 1.82) is 0 Å². The maximum atomic E-state index is 12.6. The summed E-state index contributed by atoms with van der Waals surface area (Å²) < 4.78 is 0. The molecule has 0 saturated heterocycles. The zero-order chi connectivity index (χ0) is 18.6. The monoisotopic (exact) mass is 366 g/mol. The summed E-state index contributed by atoms with van der Waals surface area (Å²) in [6.07, 6.45) is 8.17. The molecule has 2 amide bonds. The second kappa shape index (κ2) is 6.08. The maximum absolute atomic E-state index is 12.6. The molecule has 4 aliphatic carbocycles. The van der Waals surface area contributed by atoms with Crippen molar-refractivity contribution >= 4 is 22.7 Å². The van der Waals surface area contributed by atoms with Crippen LogP contribution in [0.2, 0.25) is 0 Å². The molecule has 6 heteroatoms. The Bertz CT molecular complexity index is 881. The van der Waals surface area contributed by atoms with Gasteiger partial charge in [0.25, 0.3) is 5.91 Å². The fourth-order valence-corrected chi connectivity index (χ4v) is 6.38. The van der Waals surface area contributed by atoms with E-state index in [2.05, 4.69) is 21.0 Å². The summed E-state index contributed by atoms with van der Waals surface area (Å²) in [7, 11) is 0. The number of nitrogens with zero attached hydrogens (tertiary/aromatic N) is 1. The normalized spacial score (nSPS) is 31.2. The number of aromatic nitrogens is 2. The average Bonchev–Trinajstić information content (AvgIpc) is 3.01. The van der Waals surface area contributed by atoms with E-state index in [0.717, 1.165) is 34.2 Å². The molecule has 1 aromatic carbocycles. The van der Waals surface area contributed by atoms with Gasteiger partial charge in [-0.25, -0.2) is 0 Å². The van der Waals surface area contributed by atoms with Gasteiger partial charge in [0.1, 0.15) is 0 Å². The molecule has 0 radical (unpaired) electrons. The fraction of sp³-hybridized carbons (Fsp3) is 0.571. The van der Waals surface area contributed by atoms with Gasteiger partial charge < -0.3 is 0 Å². The van der Waals surface area contributed by atoms with Crippen LogP contribution < -0.4 is 10.9 Å². The number of hydrazine groups is 1. The molecule has 0 spiro atoms. The highest BCUT2D eigenvalue weighted by Gasteiger charge is 2.51. The number of benzene rings is 1. The van der Waals surface area contributed by atoms with Gasteiger partial charge >= 0.3 is 0 Å². The Kier molecular flexibility index (Phi) is 3.78. The van der Waals surface area contributed by atoms with Crippen LogP contribution in [-0.4, -0.2) is 22.0 Å². The van der Waals surface area contributed by atoms with Gasteiger partial charge in [-0.3, -0.25) is 25.5 Å². The van der Waals surface area contributed by atoms with E-state index in [0.29, 0.717) is 12.1 Å². The first-order valence-electron chi connectivity index (χ1n) is 10.0. The zero-order valence-corrected chi connectivity index (χ0v) is 15.7. The Morgan fingerprint density at radius 3 is 2.44 bits per heavy atom. The summed E-state index contributed by atoms with van der Waals surface area (Å²) in [4.78, 5) is 25.1. The molecule has 0 atom stereocenters. The molecule has 6 nitrogen and oxygen atoms in total. The number of hydrogen-bond donors (Lipinski definition) is 3. The number of H-pyrrole nitrogens is 1. The Hall–Kier alpha value is -2.37. The number of amides is 2. The third-order valence-corrected chi connectivity index (χ3v) is 6.95. The minimum atomic E-state index is -0.384.